The van der Waals surface area contributed by atoms with Crippen LogP contribution in [0.4, 0.5) is 0 Å². The Morgan fingerprint density at radius 3 is 2.21 bits per heavy atom. The van der Waals surface area contributed by atoms with Crippen LogP contribution in [-0.2, 0) is 0 Å². The van der Waals surface area contributed by atoms with Gasteiger partial charge >= 0.3 is 0 Å². The summed E-state index contributed by atoms with van der Waals surface area (Å²) in [6.45, 7) is 1.89. The average Bonchev–Trinajstić information content (AvgIpc) is 2.47. The minimum absolute atomic E-state index is 0.0755. The highest BCUT2D eigenvalue weighted by Gasteiger charge is 2.14. The first-order valence-corrected chi connectivity index (χ1v) is 5.90. The molecular weight excluding hydrogens is 240 g/mol. The van der Waals surface area contributed by atoms with Crippen LogP contribution in [-0.4, -0.2) is 20.0 Å². The Kier molecular flexibility index (Phi) is 3.85. The topological polar surface area (TPSA) is 35.5 Å². The fourth-order valence-corrected chi connectivity index (χ4v) is 1.92. The van der Waals surface area contributed by atoms with Gasteiger partial charge in [-0.25, -0.2) is 0 Å². The van der Waals surface area contributed by atoms with Gasteiger partial charge < -0.3 is 9.47 Å². The SMILES string of the molecule is COc1cc(C(=O)c2c[c]ccc2)cc(OC)c1C. The van der Waals surface area contributed by atoms with Crippen LogP contribution in [0.15, 0.2) is 36.4 Å². The number of rotatable bonds is 4. The molecule has 3 nitrogen and oxygen atoms in total. The lowest BCUT2D eigenvalue weighted by Crippen LogP contribution is -2.03. The van der Waals surface area contributed by atoms with Gasteiger partial charge in [-0.15, -0.1) is 0 Å². The summed E-state index contributed by atoms with van der Waals surface area (Å²) in [7, 11) is 3.15. The lowest BCUT2D eigenvalue weighted by atomic mass is 10.0. The number of hydrogen-bond acceptors (Lipinski definition) is 3. The van der Waals surface area contributed by atoms with E-state index in [-0.39, 0.29) is 5.78 Å². The van der Waals surface area contributed by atoms with Crippen LogP contribution in [0.2, 0.25) is 0 Å². The molecular formula is C16H15O3. The first-order valence-electron chi connectivity index (χ1n) is 5.90. The maximum absolute atomic E-state index is 12.4. The van der Waals surface area contributed by atoms with Gasteiger partial charge in [0, 0.05) is 16.7 Å². The smallest absolute Gasteiger partial charge is 0.193 e. The summed E-state index contributed by atoms with van der Waals surface area (Å²) in [6, 6.07) is 13.3. The third-order valence-electron chi connectivity index (χ3n) is 2.98. The number of methoxy groups -OCH3 is 2. The molecule has 0 amide bonds. The average molecular weight is 255 g/mol. The quantitative estimate of drug-likeness (QED) is 0.788. The summed E-state index contributed by atoms with van der Waals surface area (Å²) < 4.78 is 10.5. The Labute approximate surface area is 112 Å². The van der Waals surface area contributed by atoms with E-state index in [1.807, 2.05) is 6.92 Å². The van der Waals surface area contributed by atoms with Crippen molar-refractivity contribution >= 4 is 5.78 Å². The molecule has 0 spiro atoms. The van der Waals surface area contributed by atoms with E-state index >= 15 is 0 Å². The lowest BCUT2D eigenvalue weighted by molar-refractivity contribution is 0.103. The molecule has 2 aromatic rings. The van der Waals surface area contributed by atoms with E-state index in [1.54, 1.807) is 50.6 Å². The normalized spacial score (nSPS) is 10.1. The van der Waals surface area contributed by atoms with E-state index in [2.05, 4.69) is 6.07 Å². The van der Waals surface area contributed by atoms with Gasteiger partial charge in [0.25, 0.3) is 0 Å². The zero-order chi connectivity index (χ0) is 13.8. The van der Waals surface area contributed by atoms with Gasteiger partial charge in [-0.2, -0.15) is 0 Å². The second-order valence-corrected chi connectivity index (χ2v) is 4.13. The molecule has 1 radical (unpaired) electrons. The molecule has 0 fully saturated rings. The van der Waals surface area contributed by atoms with Gasteiger partial charge in [0.15, 0.2) is 5.78 Å². The Balaban J connectivity index is 2.48. The van der Waals surface area contributed by atoms with E-state index in [9.17, 15) is 4.79 Å². The van der Waals surface area contributed by atoms with Crippen molar-refractivity contribution < 1.29 is 14.3 Å². The second kappa shape index (κ2) is 5.57. The van der Waals surface area contributed by atoms with Crippen LogP contribution in [0.5, 0.6) is 11.5 Å². The molecule has 0 aromatic heterocycles. The van der Waals surface area contributed by atoms with Gasteiger partial charge in [-0.05, 0) is 31.2 Å². The molecule has 97 valence electrons. The van der Waals surface area contributed by atoms with Gasteiger partial charge in [0.1, 0.15) is 11.5 Å². The van der Waals surface area contributed by atoms with Gasteiger partial charge in [-0.1, -0.05) is 18.2 Å². The number of carbonyl (C=O) groups is 1. The van der Waals surface area contributed by atoms with Crippen LogP contribution < -0.4 is 9.47 Å². The Morgan fingerprint density at radius 2 is 1.74 bits per heavy atom. The summed E-state index contributed by atoms with van der Waals surface area (Å²) in [5.74, 6) is 1.21. The first kappa shape index (κ1) is 13.1. The van der Waals surface area contributed by atoms with Crippen molar-refractivity contribution in [3.63, 3.8) is 0 Å². The molecule has 2 rings (SSSR count). The molecule has 0 N–H and O–H groups in total. The fraction of sp³-hybridized carbons (Fsp3) is 0.188. The summed E-state index contributed by atoms with van der Waals surface area (Å²) in [6.07, 6.45) is 0. The Hall–Kier alpha value is -2.29. The number of benzene rings is 2. The summed E-state index contributed by atoms with van der Waals surface area (Å²) in [4.78, 5) is 12.4. The van der Waals surface area contributed by atoms with E-state index in [0.29, 0.717) is 22.6 Å². The molecule has 3 heteroatoms. The zero-order valence-corrected chi connectivity index (χ0v) is 11.2. The van der Waals surface area contributed by atoms with Crippen LogP contribution in [0.1, 0.15) is 21.5 Å². The molecule has 0 atom stereocenters. The highest BCUT2D eigenvalue weighted by atomic mass is 16.5. The van der Waals surface area contributed by atoms with Gasteiger partial charge in [0.05, 0.1) is 14.2 Å². The number of hydrogen-bond donors (Lipinski definition) is 0. The minimum Gasteiger partial charge on any atom is -0.496 e. The van der Waals surface area contributed by atoms with Gasteiger partial charge in [-0.3, -0.25) is 4.79 Å². The van der Waals surface area contributed by atoms with Crippen molar-refractivity contribution in [2.75, 3.05) is 14.2 Å². The monoisotopic (exact) mass is 255 g/mol. The van der Waals surface area contributed by atoms with Crippen molar-refractivity contribution in [2.24, 2.45) is 0 Å². The first-order chi connectivity index (χ1) is 9.17. The van der Waals surface area contributed by atoms with Crippen LogP contribution >= 0.6 is 0 Å². The fourth-order valence-electron chi connectivity index (χ4n) is 1.92. The summed E-state index contributed by atoms with van der Waals surface area (Å²) in [5, 5.41) is 0. The summed E-state index contributed by atoms with van der Waals surface area (Å²) in [5.41, 5.74) is 2.01. The molecule has 0 bridgehead atoms. The molecule has 0 saturated carbocycles. The van der Waals surface area contributed by atoms with Crippen molar-refractivity contribution in [2.45, 2.75) is 6.92 Å². The standard InChI is InChI=1S/C16H15O3/c1-11-14(18-2)9-13(10-15(11)19-3)16(17)12-7-5-4-6-8-12/h4-5,7-10H,1-3H3. The van der Waals surface area contributed by atoms with E-state index in [1.165, 1.54) is 0 Å². The third kappa shape index (κ3) is 2.60. The van der Waals surface area contributed by atoms with Crippen LogP contribution in [0.3, 0.4) is 0 Å². The molecule has 19 heavy (non-hydrogen) atoms. The molecule has 0 saturated heterocycles. The minimum atomic E-state index is -0.0755. The Morgan fingerprint density at radius 1 is 1.11 bits per heavy atom. The van der Waals surface area contributed by atoms with Crippen molar-refractivity contribution in [1.29, 1.82) is 0 Å². The maximum atomic E-state index is 12.4. The zero-order valence-electron chi connectivity index (χ0n) is 11.2. The van der Waals surface area contributed by atoms with Crippen molar-refractivity contribution in [1.82, 2.24) is 0 Å². The van der Waals surface area contributed by atoms with E-state index in [0.717, 1.165) is 5.56 Å². The predicted molar refractivity (Wildman–Crippen MR) is 73.0 cm³/mol. The number of carbonyl (C=O) groups excluding carboxylic acids is 1. The molecule has 0 aliphatic carbocycles. The van der Waals surface area contributed by atoms with Crippen LogP contribution in [0, 0.1) is 13.0 Å². The largest absolute Gasteiger partial charge is 0.496 e. The lowest BCUT2D eigenvalue weighted by Gasteiger charge is -2.12. The van der Waals surface area contributed by atoms with Crippen molar-refractivity contribution in [3.05, 3.63) is 59.2 Å². The summed E-state index contributed by atoms with van der Waals surface area (Å²) >= 11 is 0. The molecule has 0 aliphatic heterocycles. The van der Waals surface area contributed by atoms with Gasteiger partial charge in [0.2, 0.25) is 0 Å². The third-order valence-corrected chi connectivity index (χ3v) is 2.98. The second-order valence-electron chi connectivity index (χ2n) is 4.13. The predicted octanol–water partition coefficient (Wildman–Crippen LogP) is 3.04. The van der Waals surface area contributed by atoms with E-state index < -0.39 is 0 Å². The van der Waals surface area contributed by atoms with Crippen molar-refractivity contribution in [3.8, 4) is 11.5 Å². The molecule has 0 heterocycles. The maximum Gasteiger partial charge on any atom is 0.193 e. The molecule has 0 unspecified atom stereocenters. The number of ketones is 1. The molecule has 0 aliphatic rings. The highest BCUT2D eigenvalue weighted by Crippen LogP contribution is 2.30. The highest BCUT2D eigenvalue weighted by molar-refractivity contribution is 6.09. The molecule has 2 aromatic carbocycles. The van der Waals surface area contributed by atoms with Crippen LogP contribution in [0.25, 0.3) is 0 Å². The number of ether oxygens (including phenoxy) is 2. The van der Waals surface area contributed by atoms with E-state index in [4.69, 9.17) is 9.47 Å². The Bertz CT molecular complexity index is 563.